The number of thiophene rings is 1. The Labute approximate surface area is 149 Å². The fraction of sp³-hybridized carbons (Fsp3) is 0.294. The lowest BCUT2D eigenvalue weighted by Gasteiger charge is -2.16. The van der Waals surface area contributed by atoms with Crippen LogP contribution in [-0.4, -0.2) is 17.9 Å². The van der Waals surface area contributed by atoms with Crippen LogP contribution in [0, 0.1) is 20.8 Å². The summed E-state index contributed by atoms with van der Waals surface area (Å²) in [5, 5.41) is 3.79. The fourth-order valence-corrected chi connectivity index (χ4v) is 3.51. The van der Waals surface area contributed by atoms with Crippen molar-refractivity contribution in [3.63, 3.8) is 0 Å². The molecule has 2 rings (SSSR count). The van der Waals surface area contributed by atoms with Gasteiger partial charge >= 0.3 is 0 Å². The molecule has 1 aromatic carbocycles. The number of amides is 2. The number of hydrogen-bond acceptors (Lipinski definition) is 4. The second-order valence-electron chi connectivity index (χ2n) is 5.51. The first-order valence-electron chi connectivity index (χ1n) is 7.34. The Balaban J connectivity index is 2.15. The van der Waals surface area contributed by atoms with Crippen molar-refractivity contribution in [2.75, 3.05) is 5.32 Å². The Kier molecular flexibility index (Phi) is 5.51. The van der Waals surface area contributed by atoms with Gasteiger partial charge in [-0.15, -0.1) is 11.3 Å². The van der Waals surface area contributed by atoms with Crippen LogP contribution in [0.15, 0.2) is 18.2 Å². The van der Waals surface area contributed by atoms with Crippen LogP contribution in [0.2, 0.25) is 5.02 Å². The second kappa shape index (κ2) is 7.23. The SMILES string of the molecule is Cc1cc(Cl)ccc1O[C@@H](C)C(=O)Nc1sc(C)c(C)c1C(N)=O. The molecule has 24 heavy (non-hydrogen) atoms. The highest BCUT2D eigenvalue weighted by molar-refractivity contribution is 7.16. The van der Waals surface area contributed by atoms with E-state index in [9.17, 15) is 9.59 Å². The Morgan fingerprint density at radius 2 is 1.96 bits per heavy atom. The number of benzene rings is 1. The Bertz CT molecular complexity index is 801. The molecule has 0 saturated heterocycles. The largest absolute Gasteiger partial charge is 0.481 e. The Hall–Kier alpha value is -2.05. The molecule has 3 N–H and O–H groups in total. The van der Waals surface area contributed by atoms with E-state index in [1.165, 1.54) is 11.3 Å². The highest BCUT2D eigenvalue weighted by atomic mass is 35.5. The molecular weight excluding hydrogens is 348 g/mol. The summed E-state index contributed by atoms with van der Waals surface area (Å²) in [6.07, 6.45) is -0.742. The zero-order valence-corrected chi connectivity index (χ0v) is 15.5. The van der Waals surface area contributed by atoms with Gasteiger partial charge in [0.25, 0.3) is 11.8 Å². The Morgan fingerprint density at radius 1 is 1.29 bits per heavy atom. The number of rotatable bonds is 5. The zero-order chi connectivity index (χ0) is 18.0. The van der Waals surface area contributed by atoms with Gasteiger partial charge in [-0.1, -0.05) is 11.6 Å². The van der Waals surface area contributed by atoms with Crippen molar-refractivity contribution < 1.29 is 14.3 Å². The predicted octanol–water partition coefficient (Wildman–Crippen LogP) is 3.83. The average Bonchev–Trinajstić information content (AvgIpc) is 2.76. The minimum Gasteiger partial charge on any atom is -0.481 e. The molecule has 0 unspecified atom stereocenters. The van der Waals surface area contributed by atoms with Crippen molar-refractivity contribution in [2.24, 2.45) is 5.73 Å². The van der Waals surface area contributed by atoms with Crippen molar-refractivity contribution in [2.45, 2.75) is 33.8 Å². The molecule has 1 aromatic heterocycles. The number of ether oxygens (including phenoxy) is 1. The molecule has 0 saturated carbocycles. The molecule has 0 aliphatic heterocycles. The number of carbonyl (C=O) groups is 2. The third kappa shape index (κ3) is 3.88. The van der Waals surface area contributed by atoms with Gasteiger partial charge in [-0.2, -0.15) is 0 Å². The van der Waals surface area contributed by atoms with Crippen LogP contribution in [0.5, 0.6) is 5.75 Å². The van der Waals surface area contributed by atoms with Crippen LogP contribution in [0.4, 0.5) is 5.00 Å². The van der Waals surface area contributed by atoms with Gasteiger partial charge in [-0.05, 0) is 57.0 Å². The van der Waals surface area contributed by atoms with Crippen LogP contribution < -0.4 is 15.8 Å². The van der Waals surface area contributed by atoms with E-state index in [1.807, 2.05) is 13.8 Å². The van der Waals surface area contributed by atoms with E-state index in [0.29, 0.717) is 21.3 Å². The van der Waals surface area contributed by atoms with Gasteiger partial charge in [-0.25, -0.2) is 0 Å². The molecular formula is C17H19ClN2O3S. The molecule has 5 nitrogen and oxygen atoms in total. The predicted molar refractivity (Wildman–Crippen MR) is 97.2 cm³/mol. The molecule has 0 bridgehead atoms. The smallest absolute Gasteiger partial charge is 0.265 e. The van der Waals surface area contributed by atoms with Gasteiger partial charge in [0.05, 0.1) is 5.56 Å². The number of anilines is 1. The summed E-state index contributed by atoms with van der Waals surface area (Å²) >= 11 is 7.23. The van der Waals surface area contributed by atoms with Crippen molar-refractivity contribution in [1.82, 2.24) is 0 Å². The molecule has 1 atom stereocenters. The number of nitrogens with two attached hydrogens (primary N) is 1. The molecule has 0 fully saturated rings. The maximum absolute atomic E-state index is 12.4. The van der Waals surface area contributed by atoms with E-state index in [0.717, 1.165) is 16.0 Å². The summed E-state index contributed by atoms with van der Waals surface area (Å²) in [7, 11) is 0. The Morgan fingerprint density at radius 3 is 2.54 bits per heavy atom. The van der Waals surface area contributed by atoms with E-state index in [1.54, 1.807) is 32.0 Å². The first-order valence-corrected chi connectivity index (χ1v) is 8.53. The normalized spacial score (nSPS) is 11.9. The van der Waals surface area contributed by atoms with Crippen molar-refractivity contribution >= 4 is 39.8 Å². The monoisotopic (exact) mass is 366 g/mol. The van der Waals surface area contributed by atoms with Crippen LogP contribution >= 0.6 is 22.9 Å². The maximum Gasteiger partial charge on any atom is 0.265 e. The van der Waals surface area contributed by atoms with Crippen molar-refractivity contribution in [3.05, 3.63) is 44.8 Å². The average molecular weight is 367 g/mol. The third-order valence-electron chi connectivity index (χ3n) is 3.68. The second-order valence-corrected chi connectivity index (χ2v) is 7.17. The molecule has 0 aliphatic rings. The van der Waals surface area contributed by atoms with Gasteiger partial charge in [0.2, 0.25) is 0 Å². The molecule has 0 radical (unpaired) electrons. The van der Waals surface area contributed by atoms with Crippen LogP contribution in [0.1, 0.15) is 33.3 Å². The summed E-state index contributed by atoms with van der Waals surface area (Å²) in [4.78, 5) is 24.9. The number of hydrogen-bond donors (Lipinski definition) is 2. The van der Waals surface area contributed by atoms with Crippen molar-refractivity contribution in [3.8, 4) is 5.75 Å². The minimum absolute atomic E-state index is 0.348. The lowest BCUT2D eigenvalue weighted by molar-refractivity contribution is -0.122. The molecule has 128 valence electrons. The summed E-state index contributed by atoms with van der Waals surface area (Å²) in [5.74, 6) is -0.335. The maximum atomic E-state index is 12.4. The van der Waals surface area contributed by atoms with E-state index in [-0.39, 0.29) is 5.91 Å². The highest BCUT2D eigenvalue weighted by Gasteiger charge is 2.22. The summed E-state index contributed by atoms with van der Waals surface area (Å²) in [5.41, 5.74) is 7.38. The summed E-state index contributed by atoms with van der Waals surface area (Å²) < 4.78 is 5.69. The third-order valence-corrected chi connectivity index (χ3v) is 5.04. The highest BCUT2D eigenvalue weighted by Crippen LogP contribution is 2.32. The van der Waals surface area contributed by atoms with Crippen LogP contribution in [-0.2, 0) is 4.79 Å². The van der Waals surface area contributed by atoms with E-state index in [2.05, 4.69) is 5.32 Å². The van der Waals surface area contributed by atoms with Gasteiger partial charge in [0.1, 0.15) is 10.8 Å². The topological polar surface area (TPSA) is 81.4 Å². The molecule has 2 aromatic rings. The molecule has 0 aliphatic carbocycles. The molecule has 2 amide bonds. The summed E-state index contributed by atoms with van der Waals surface area (Å²) in [6.45, 7) is 7.17. The van der Waals surface area contributed by atoms with Gasteiger partial charge in [-0.3, -0.25) is 9.59 Å². The summed E-state index contributed by atoms with van der Waals surface area (Å²) in [6, 6.07) is 5.18. The number of carbonyl (C=O) groups excluding carboxylic acids is 2. The number of aryl methyl sites for hydroxylation is 2. The van der Waals surface area contributed by atoms with E-state index >= 15 is 0 Å². The number of primary amides is 1. The van der Waals surface area contributed by atoms with E-state index < -0.39 is 12.0 Å². The van der Waals surface area contributed by atoms with Crippen LogP contribution in [0.3, 0.4) is 0 Å². The first kappa shape index (κ1) is 18.3. The molecule has 0 spiro atoms. The van der Waals surface area contributed by atoms with Gasteiger partial charge in [0, 0.05) is 9.90 Å². The van der Waals surface area contributed by atoms with Crippen molar-refractivity contribution in [1.29, 1.82) is 0 Å². The van der Waals surface area contributed by atoms with Crippen LogP contribution in [0.25, 0.3) is 0 Å². The van der Waals surface area contributed by atoms with Gasteiger partial charge < -0.3 is 15.8 Å². The lowest BCUT2D eigenvalue weighted by atomic mass is 10.1. The quantitative estimate of drug-likeness (QED) is 0.843. The molecule has 7 heteroatoms. The zero-order valence-electron chi connectivity index (χ0n) is 13.9. The number of halogens is 1. The lowest BCUT2D eigenvalue weighted by Crippen LogP contribution is -2.30. The van der Waals surface area contributed by atoms with E-state index in [4.69, 9.17) is 22.1 Å². The fourth-order valence-electron chi connectivity index (χ4n) is 2.21. The van der Waals surface area contributed by atoms with Gasteiger partial charge in [0.15, 0.2) is 6.10 Å². The standard InChI is InChI=1S/C17H19ClN2O3S/c1-8-7-12(18)5-6-13(8)23-10(3)16(22)20-17-14(15(19)21)9(2)11(4)24-17/h5-7,10H,1-4H3,(H2,19,21)(H,20,22)/t10-/m0/s1. The first-order chi connectivity index (χ1) is 11.2. The number of nitrogens with one attached hydrogen (secondary N) is 1. The minimum atomic E-state index is -0.742. The molecule has 1 heterocycles.